The van der Waals surface area contributed by atoms with Crippen LogP contribution in [0.2, 0.25) is 0 Å². The predicted molar refractivity (Wildman–Crippen MR) is 101 cm³/mol. The van der Waals surface area contributed by atoms with Crippen LogP contribution in [0, 0.1) is 30.3 Å². The Kier molecular flexibility index (Phi) is 6.50. The summed E-state index contributed by atoms with van der Waals surface area (Å²) in [6.07, 6.45) is 1.25. The second-order valence-corrected chi connectivity index (χ2v) is 8.25. The zero-order valence-electron chi connectivity index (χ0n) is 17.1. The molecule has 0 bridgehead atoms. The minimum Gasteiger partial charge on any atom is -0.368 e. The van der Waals surface area contributed by atoms with Crippen LogP contribution in [0.15, 0.2) is 6.07 Å². The first kappa shape index (κ1) is 22.3. The van der Waals surface area contributed by atoms with E-state index in [0.717, 1.165) is 6.92 Å². The largest absolute Gasteiger partial charge is 0.368 e. The summed E-state index contributed by atoms with van der Waals surface area (Å²) in [4.78, 5) is 39.7. The highest BCUT2D eigenvalue weighted by Gasteiger charge is 2.45. The van der Waals surface area contributed by atoms with Crippen molar-refractivity contribution in [3.8, 4) is 0 Å². The number of likely N-dealkylation sites (tertiary alicyclic amines) is 1. The van der Waals surface area contributed by atoms with Crippen LogP contribution in [-0.2, 0) is 14.3 Å². The van der Waals surface area contributed by atoms with Gasteiger partial charge in [0.05, 0.1) is 6.10 Å². The lowest BCUT2D eigenvalue weighted by atomic mass is 9.94. The minimum absolute atomic E-state index is 0.0122. The Hall–Kier alpha value is -2.42. The highest BCUT2D eigenvalue weighted by molar-refractivity contribution is 6.00. The summed E-state index contributed by atoms with van der Waals surface area (Å²) in [5, 5.41) is 2.53. The Morgan fingerprint density at radius 1 is 1.27 bits per heavy atom. The molecule has 6 nitrogen and oxygen atoms in total. The molecule has 0 saturated carbocycles. The highest BCUT2D eigenvalue weighted by atomic mass is 19.2. The number of benzene rings is 1. The molecule has 2 heterocycles. The Morgan fingerprint density at radius 3 is 2.63 bits per heavy atom. The topological polar surface area (TPSA) is 75.7 Å². The Labute approximate surface area is 172 Å². The van der Waals surface area contributed by atoms with E-state index in [1.54, 1.807) is 0 Å². The first-order valence-electron chi connectivity index (χ1n) is 10.0. The maximum absolute atomic E-state index is 13.9. The van der Waals surface area contributed by atoms with E-state index in [0.29, 0.717) is 25.5 Å². The van der Waals surface area contributed by atoms with Crippen molar-refractivity contribution in [1.82, 2.24) is 10.2 Å². The predicted octanol–water partition coefficient (Wildman–Crippen LogP) is 2.52. The smallest absolute Gasteiger partial charge is 0.252 e. The molecule has 2 saturated heterocycles. The monoisotopic (exact) mass is 426 g/mol. The van der Waals surface area contributed by atoms with E-state index < -0.39 is 41.3 Å². The third kappa shape index (κ3) is 4.21. The van der Waals surface area contributed by atoms with Crippen molar-refractivity contribution >= 4 is 17.6 Å². The fourth-order valence-corrected chi connectivity index (χ4v) is 4.09. The second-order valence-electron chi connectivity index (χ2n) is 8.25. The van der Waals surface area contributed by atoms with Gasteiger partial charge in [-0.1, -0.05) is 13.8 Å². The second kappa shape index (κ2) is 8.75. The molecule has 0 aromatic heterocycles. The number of rotatable bonds is 5. The standard InChI is InChI=1S/C21H25F3N2O4/c1-10(2)7-14(21(29)26-6-4-5-16-19(26)15(27)9-30-16)25-20(28)12-8-13(22)18(24)17(23)11(12)3/h8,10,14,16,19H,4-7,9H2,1-3H3,(H,25,28). The van der Waals surface area contributed by atoms with Crippen molar-refractivity contribution in [2.45, 2.75) is 58.2 Å². The average Bonchev–Trinajstić information content (AvgIpc) is 3.08. The molecule has 30 heavy (non-hydrogen) atoms. The molecular weight excluding hydrogens is 401 g/mol. The van der Waals surface area contributed by atoms with Crippen LogP contribution in [-0.4, -0.2) is 53.8 Å². The van der Waals surface area contributed by atoms with Crippen LogP contribution in [0.4, 0.5) is 13.2 Å². The summed E-state index contributed by atoms with van der Waals surface area (Å²) in [5.41, 5.74) is -0.732. The number of hydrogen-bond acceptors (Lipinski definition) is 4. The number of carbonyl (C=O) groups excluding carboxylic acids is 3. The van der Waals surface area contributed by atoms with E-state index in [9.17, 15) is 27.6 Å². The van der Waals surface area contributed by atoms with E-state index in [1.807, 2.05) is 13.8 Å². The molecular formula is C21H25F3N2O4. The van der Waals surface area contributed by atoms with Gasteiger partial charge in [-0.05, 0) is 38.2 Å². The number of ketones is 1. The van der Waals surface area contributed by atoms with Crippen molar-refractivity contribution in [2.75, 3.05) is 13.2 Å². The van der Waals surface area contributed by atoms with Crippen LogP contribution in [0.1, 0.15) is 49.0 Å². The molecule has 2 aliphatic heterocycles. The summed E-state index contributed by atoms with van der Waals surface area (Å²) in [6.45, 7) is 5.19. The Morgan fingerprint density at radius 2 is 1.97 bits per heavy atom. The van der Waals surface area contributed by atoms with Gasteiger partial charge in [0.25, 0.3) is 5.91 Å². The molecule has 9 heteroatoms. The maximum Gasteiger partial charge on any atom is 0.252 e. The van der Waals surface area contributed by atoms with Gasteiger partial charge in [-0.15, -0.1) is 0 Å². The zero-order valence-corrected chi connectivity index (χ0v) is 17.1. The number of nitrogens with zero attached hydrogens (tertiary/aromatic N) is 1. The van der Waals surface area contributed by atoms with Crippen molar-refractivity contribution in [1.29, 1.82) is 0 Å². The molecule has 1 N–H and O–H groups in total. The fourth-order valence-electron chi connectivity index (χ4n) is 4.09. The first-order chi connectivity index (χ1) is 14.1. The number of nitrogens with one attached hydrogen (secondary N) is 1. The zero-order chi connectivity index (χ0) is 22.2. The molecule has 0 radical (unpaired) electrons. The molecule has 3 atom stereocenters. The number of fused-ring (bicyclic) bond motifs is 1. The third-order valence-corrected chi connectivity index (χ3v) is 5.59. The maximum atomic E-state index is 13.9. The lowest BCUT2D eigenvalue weighted by Crippen LogP contribution is -2.58. The SMILES string of the molecule is Cc1c(C(=O)NC(CC(C)C)C(=O)N2CCCC3OCC(=O)C32)cc(F)c(F)c1F. The molecule has 1 aromatic carbocycles. The van der Waals surface area contributed by atoms with Crippen LogP contribution >= 0.6 is 0 Å². The van der Waals surface area contributed by atoms with Crippen molar-refractivity contribution in [3.05, 3.63) is 34.6 Å². The number of hydrogen-bond donors (Lipinski definition) is 1. The molecule has 2 fully saturated rings. The van der Waals surface area contributed by atoms with Gasteiger partial charge in [0.1, 0.15) is 18.7 Å². The van der Waals surface area contributed by atoms with E-state index >= 15 is 0 Å². The summed E-state index contributed by atoms with van der Waals surface area (Å²) < 4.78 is 46.4. The number of carbonyl (C=O) groups is 3. The number of halogens is 3. The third-order valence-electron chi connectivity index (χ3n) is 5.59. The van der Waals surface area contributed by atoms with Gasteiger partial charge in [-0.3, -0.25) is 14.4 Å². The summed E-state index contributed by atoms with van der Waals surface area (Å²) >= 11 is 0. The van der Waals surface area contributed by atoms with Crippen LogP contribution in [0.3, 0.4) is 0 Å². The van der Waals surface area contributed by atoms with Gasteiger partial charge in [0, 0.05) is 17.7 Å². The molecule has 2 aliphatic rings. The molecule has 0 aliphatic carbocycles. The van der Waals surface area contributed by atoms with Crippen LogP contribution < -0.4 is 5.32 Å². The summed E-state index contributed by atoms with van der Waals surface area (Å²) in [7, 11) is 0. The van der Waals surface area contributed by atoms with Gasteiger partial charge < -0.3 is 15.0 Å². The van der Waals surface area contributed by atoms with E-state index in [-0.39, 0.29) is 42.0 Å². The molecule has 3 rings (SSSR count). The van der Waals surface area contributed by atoms with Gasteiger partial charge in [0.15, 0.2) is 23.2 Å². The van der Waals surface area contributed by atoms with E-state index in [4.69, 9.17) is 4.74 Å². The van der Waals surface area contributed by atoms with Gasteiger partial charge >= 0.3 is 0 Å². The molecule has 3 unspecified atom stereocenters. The highest BCUT2D eigenvalue weighted by Crippen LogP contribution is 2.28. The fraction of sp³-hybridized carbons (Fsp3) is 0.571. The molecule has 1 aromatic rings. The first-order valence-corrected chi connectivity index (χ1v) is 10.0. The normalized spacial score (nSPS) is 22.2. The average molecular weight is 426 g/mol. The van der Waals surface area contributed by atoms with Crippen molar-refractivity contribution < 1.29 is 32.3 Å². The summed E-state index contributed by atoms with van der Waals surface area (Å²) in [5.74, 6) is -6.07. The van der Waals surface area contributed by atoms with Crippen LogP contribution in [0.5, 0.6) is 0 Å². The van der Waals surface area contributed by atoms with Crippen molar-refractivity contribution in [3.63, 3.8) is 0 Å². The summed E-state index contributed by atoms with van der Waals surface area (Å²) in [6, 6.07) is -1.06. The number of piperidine rings is 1. The van der Waals surface area contributed by atoms with E-state index in [2.05, 4.69) is 5.32 Å². The van der Waals surface area contributed by atoms with Gasteiger partial charge in [-0.25, -0.2) is 13.2 Å². The van der Waals surface area contributed by atoms with Gasteiger partial charge in [0.2, 0.25) is 5.91 Å². The number of amides is 2. The Bertz CT molecular complexity index is 874. The van der Waals surface area contributed by atoms with Gasteiger partial charge in [-0.2, -0.15) is 0 Å². The Balaban J connectivity index is 1.85. The number of Topliss-reactive ketones (excluding diaryl/α,β-unsaturated/α-hetero) is 1. The minimum atomic E-state index is -1.65. The van der Waals surface area contributed by atoms with Crippen molar-refractivity contribution in [2.24, 2.45) is 5.92 Å². The lowest BCUT2D eigenvalue weighted by molar-refractivity contribution is -0.142. The molecule has 0 spiro atoms. The molecule has 164 valence electrons. The quantitative estimate of drug-likeness (QED) is 0.735. The number of ether oxygens (including phenoxy) is 1. The van der Waals surface area contributed by atoms with Crippen LogP contribution in [0.25, 0.3) is 0 Å². The lowest BCUT2D eigenvalue weighted by Gasteiger charge is -2.38. The van der Waals surface area contributed by atoms with E-state index in [1.165, 1.54) is 4.90 Å². The molecule has 2 amide bonds.